The van der Waals surface area contributed by atoms with Gasteiger partial charge in [0, 0.05) is 5.75 Å². The van der Waals surface area contributed by atoms with Crippen molar-refractivity contribution in [1.29, 1.82) is 0 Å². The van der Waals surface area contributed by atoms with E-state index >= 15 is 0 Å². The molecule has 0 aliphatic carbocycles. The SMILES string of the molecule is CCC(C)CSCc1ccc(Cl)nn1. The number of nitrogens with zero attached hydrogens (tertiary/aromatic N) is 2. The standard InChI is InChI=1S/C10H15ClN2S/c1-3-8(2)6-14-7-9-4-5-10(11)13-12-9/h4-5,8H,3,6-7H2,1-2H3. The first-order valence-corrected chi connectivity index (χ1v) is 6.31. The number of aromatic nitrogens is 2. The first-order valence-electron chi connectivity index (χ1n) is 4.78. The molecule has 1 atom stereocenters. The van der Waals surface area contributed by atoms with E-state index in [9.17, 15) is 0 Å². The molecule has 4 heteroatoms. The van der Waals surface area contributed by atoms with Crippen LogP contribution in [0.3, 0.4) is 0 Å². The first-order chi connectivity index (χ1) is 6.72. The van der Waals surface area contributed by atoms with Crippen LogP contribution in [0.25, 0.3) is 0 Å². The summed E-state index contributed by atoms with van der Waals surface area (Å²) in [7, 11) is 0. The average molecular weight is 231 g/mol. The lowest BCUT2D eigenvalue weighted by Gasteiger charge is -2.06. The van der Waals surface area contributed by atoms with Gasteiger partial charge in [-0.3, -0.25) is 0 Å². The monoisotopic (exact) mass is 230 g/mol. The Labute approximate surface area is 94.5 Å². The van der Waals surface area contributed by atoms with E-state index in [4.69, 9.17) is 11.6 Å². The van der Waals surface area contributed by atoms with Crippen LogP contribution in [-0.4, -0.2) is 16.0 Å². The predicted molar refractivity (Wildman–Crippen MR) is 62.7 cm³/mol. The minimum Gasteiger partial charge on any atom is -0.155 e. The lowest BCUT2D eigenvalue weighted by Crippen LogP contribution is -1.97. The van der Waals surface area contributed by atoms with Crippen molar-refractivity contribution in [2.75, 3.05) is 5.75 Å². The van der Waals surface area contributed by atoms with Crippen LogP contribution in [0, 0.1) is 5.92 Å². The molecule has 1 aromatic heterocycles. The molecule has 0 aromatic carbocycles. The molecular weight excluding hydrogens is 216 g/mol. The molecule has 0 aliphatic heterocycles. The number of hydrogen-bond donors (Lipinski definition) is 0. The summed E-state index contributed by atoms with van der Waals surface area (Å²) in [5, 5.41) is 8.26. The van der Waals surface area contributed by atoms with Gasteiger partial charge in [-0.05, 0) is 23.8 Å². The summed E-state index contributed by atoms with van der Waals surface area (Å²) in [4.78, 5) is 0. The van der Waals surface area contributed by atoms with E-state index < -0.39 is 0 Å². The van der Waals surface area contributed by atoms with Crippen LogP contribution in [0.2, 0.25) is 5.15 Å². The van der Waals surface area contributed by atoms with Gasteiger partial charge in [-0.2, -0.15) is 16.9 Å². The Morgan fingerprint density at radius 1 is 1.43 bits per heavy atom. The molecule has 2 nitrogen and oxygen atoms in total. The van der Waals surface area contributed by atoms with Gasteiger partial charge in [0.15, 0.2) is 5.15 Å². The van der Waals surface area contributed by atoms with E-state index in [1.807, 2.05) is 17.8 Å². The molecule has 0 bridgehead atoms. The maximum Gasteiger partial charge on any atom is 0.151 e. The van der Waals surface area contributed by atoms with Crippen LogP contribution in [0.4, 0.5) is 0 Å². The van der Waals surface area contributed by atoms with Gasteiger partial charge in [0.1, 0.15) is 0 Å². The van der Waals surface area contributed by atoms with Gasteiger partial charge >= 0.3 is 0 Å². The number of hydrogen-bond acceptors (Lipinski definition) is 3. The third kappa shape index (κ3) is 4.29. The van der Waals surface area contributed by atoms with Crippen molar-refractivity contribution >= 4 is 23.4 Å². The summed E-state index contributed by atoms with van der Waals surface area (Å²) < 4.78 is 0. The zero-order valence-corrected chi connectivity index (χ0v) is 10.1. The van der Waals surface area contributed by atoms with Gasteiger partial charge in [-0.15, -0.1) is 5.10 Å². The molecule has 1 unspecified atom stereocenters. The highest BCUT2D eigenvalue weighted by Gasteiger charge is 2.00. The van der Waals surface area contributed by atoms with Gasteiger partial charge in [-0.1, -0.05) is 31.9 Å². The van der Waals surface area contributed by atoms with E-state index in [1.54, 1.807) is 6.07 Å². The van der Waals surface area contributed by atoms with Crippen molar-refractivity contribution in [3.8, 4) is 0 Å². The minimum absolute atomic E-state index is 0.459. The van der Waals surface area contributed by atoms with Crippen LogP contribution in [0.15, 0.2) is 12.1 Å². The second-order valence-corrected chi connectivity index (χ2v) is 4.79. The highest BCUT2D eigenvalue weighted by atomic mass is 35.5. The summed E-state index contributed by atoms with van der Waals surface area (Å²) in [6.07, 6.45) is 1.24. The van der Waals surface area contributed by atoms with Crippen molar-refractivity contribution in [3.63, 3.8) is 0 Å². The fourth-order valence-electron chi connectivity index (χ4n) is 0.903. The quantitative estimate of drug-likeness (QED) is 0.776. The highest BCUT2D eigenvalue weighted by Crippen LogP contribution is 2.15. The molecular formula is C10H15ClN2S. The van der Waals surface area contributed by atoms with E-state index in [1.165, 1.54) is 12.2 Å². The molecule has 0 spiro atoms. The number of rotatable bonds is 5. The Morgan fingerprint density at radius 3 is 2.79 bits per heavy atom. The number of thioether (sulfide) groups is 1. The molecule has 0 saturated heterocycles. The summed E-state index contributed by atoms with van der Waals surface area (Å²) >= 11 is 7.54. The highest BCUT2D eigenvalue weighted by molar-refractivity contribution is 7.98. The van der Waals surface area contributed by atoms with Crippen molar-refractivity contribution in [2.45, 2.75) is 26.0 Å². The van der Waals surface area contributed by atoms with Crippen LogP contribution in [0.1, 0.15) is 26.0 Å². The van der Waals surface area contributed by atoms with Crippen molar-refractivity contribution in [3.05, 3.63) is 23.0 Å². The second-order valence-electron chi connectivity index (χ2n) is 3.38. The molecule has 0 N–H and O–H groups in total. The van der Waals surface area contributed by atoms with Gasteiger partial charge in [0.25, 0.3) is 0 Å². The molecule has 14 heavy (non-hydrogen) atoms. The summed E-state index contributed by atoms with van der Waals surface area (Å²) in [6, 6.07) is 3.71. The zero-order chi connectivity index (χ0) is 10.4. The first kappa shape index (κ1) is 11.8. The molecule has 1 rings (SSSR count). The van der Waals surface area contributed by atoms with Crippen molar-refractivity contribution < 1.29 is 0 Å². The molecule has 0 aliphatic rings. The maximum atomic E-state index is 5.64. The average Bonchev–Trinajstić information content (AvgIpc) is 2.21. The zero-order valence-electron chi connectivity index (χ0n) is 8.53. The summed E-state index contributed by atoms with van der Waals surface area (Å²) in [5.74, 6) is 2.88. The Bertz CT molecular complexity index is 263. The largest absolute Gasteiger partial charge is 0.155 e. The predicted octanol–water partition coefficient (Wildman–Crippen LogP) is 3.41. The lowest BCUT2D eigenvalue weighted by atomic mass is 10.2. The Morgan fingerprint density at radius 2 is 2.21 bits per heavy atom. The van der Waals surface area contributed by atoms with Gasteiger partial charge in [0.2, 0.25) is 0 Å². The normalized spacial score (nSPS) is 12.8. The fourth-order valence-corrected chi connectivity index (χ4v) is 2.12. The smallest absolute Gasteiger partial charge is 0.151 e. The van der Waals surface area contributed by atoms with E-state index in [-0.39, 0.29) is 0 Å². The van der Waals surface area contributed by atoms with E-state index in [0.29, 0.717) is 5.15 Å². The van der Waals surface area contributed by atoms with Crippen molar-refractivity contribution in [2.24, 2.45) is 5.92 Å². The fraction of sp³-hybridized carbons (Fsp3) is 0.600. The Kier molecular flexibility index (Phi) is 5.26. The van der Waals surface area contributed by atoms with Crippen LogP contribution >= 0.6 is 23.4 Å². The van der Waals surface area contributed by atoms with Crippen LogP contribution in [-0.2, 0) is 5.75 Å². The number of halogens is 1. The second kappa shape index (κ2) is 6.25. The molecule has 0 amide bonds. The third-order valence-electron chi connectivity index (χ3n) is 2.04. The molecule has 1 aromatic rings. The van der Waals surface area contributed by atoms with Gasteiger partial charge in [0.05, 0.1) is 5.69 Å². The van der Waals surface area contributed by atoms with Gasteiger partial charge in [-0.25, -0.2) is 0 Å². The minimum atomic E-state index is 0.459. The third-order valence-corrected chi connectivity index (χ3v) is 3.54. The molecule has 0 saturated carbocycles. The van der Waals surface area contributed by atoms with Crippen LogP contribution < -0.4 is 0 Å². The summed E-state index contributed by atoms with van der Waals surface area (Å²) in [5.41, 5.74) is 1.00. The van der Waals surface area contributed by atoms with Gasteiger partial charge < -0.3 is 0 Å². The van der Waals surface area contributed by atoms with E-state index in [0.717, 1.165) is 17.4 Å². The molecule has 1 heterocycles. The Balaban J connectivity index is 2.28. The molecule has 78 valence electrons. The molecule has 0 radical (unpaired) electrons. The van der Waals surface area contributed by atoms with Crippen LogP contribution in [0.5, 0.6) is 0 Å². The Hall–Kier alpha value is -0.280. The maximum absolute atomic E-state index is 5.64. The van der Waals surface area contributed by atoms with E-state index in [2.05, 4.69) is 24.0 Å². The summed E-state index contributed by atoms with van der Waals surface area (Å²) in [6.45, 7) is 4.48. The topological polar surface area (TPSA) is 25.8 Å². The lowest BCUT2D eigenvalue weighted by molar-refractivity contribution is 0.637. The molecule has 0 fully saturated rings. The van der Waals surface area contributed by atoms with Crippen molar-refractivity contribution in [1.82, 2.24) is 10.2 Å².